The molecule has 3 aliphatic rings. The zero-order chi connectivity index (χ0) is 10.6. The normalized spacial score (nSPS) is 48.8. The Morgan fingerprint density at radius 3 is 2.80 bits per heavy atom. The number of ketones is 1. The largest absolute Gasteiger partial charge is 0.299 e. The highest BCUT2D eigenvalue weighted by molar-refractivity contribution is 6.37. The molecular formula is C12H14Cl2O. The molecular weight excluding hydrogens is 231 g/mol. The second-order valence-corrected chi connectivity index (χ2v) is 5.97. The van der Waals surface area contributed by atoms with Crippen LogP contribution in [-0.2, 0) is 4.79 Å². The maximum Gasteiger partial charge on any atom is 0.139 e. The number of carbonyl (C=O) groups is 1. The lowest BCUT2D eigenvalue weighted by atomic mass is 9.58. The van der Waals surface area contributed by atoms with E-state index in [2.05, 4.69) is 0 Å². The molecule has 3 rings (SSSR count). The van der Waals surface area contributed by atoms with Gasteiger partial charge in [0.2, 0.25) is 0 Å². The van der Waals surface area contributed by atoms with E-state index >= 15 is 0 Å². The van der Waals surface area contributed by atoms with Crippen LogP contribution < -0.4 is 0 Å². The minimum absolute atomic E-state index is 0.115. The van der Waals surface area contributed by atoms with Gasteiger partial charge in [-0.1, -0.05) is 24.1 Å². The van der Waals surface area contributed by atoms with E-state index in [0.29, 0.717) is 17.6 Å². The highest BCUT2D eigenvalue weighted by Crippen LogP contribution is 2.51. The van der Waals surface area contributed by atoms with Crippen molar-refractivity contribution in [3.63, 3.8) is 0 Å². The lowest BCUT2D eigenvalue weighted by molar-refractivity contribution is -0.137. The highest BCUT2D eigenvalue weighted by atomic mass is 35.5. The molecule has 3 heteroatoms. The molecule has 82 valence electrons. The van der Waals surface area contributed by atoms with Crippen LogP contribution in [0.5, 0.6) is 0 Å². The Balaban J connectivity index is 2.03. The first-order valence-electron chi connectivity index (χ1n) is 5.73. The van der Waals surface area contributed by atoms with Gasteiger partial charge in [-0.2, -0.15) is 0 Å². The van der Waals surface area contributed by atoms with Crippen molar-refractivity contribution >= 4 is 29.0 Å². The number of carbonyl (C=O) groups excluding carboxylic acids is 1. The fourth-order valence-electron chi connectivity index (χ4n) is 3.62. The molecule has 2 fully saturated rings. The molecule has 0 radical (unpaired) electrons. The van der Waals surface area contributed by atoms with E-state index < -0.39 is 0 Å². The maximum absolute atomic E-state index is 12.1. The molecule has 0 aromatic carbocycles. The zero-order valence-corrected chi connectivity index (χ0v) is 9.97. The van der Waals surface area contributed by atoms with Gasteiger partial charge in [0.05, 0.1) is 5.38 Å². The molecule has 15 heavy (non-hydrogen) atoms. The van der Waals surface area contributed by atoms with Crippen LogP contribution in [-0.4, -0.2) is 11.2 Å². The van der Waals surface area contributed by atoms with Gasteiger partial charge in [-0.3, -0.25) is 4.79 Å². The van der Waals surface area contributed by atoms with Crippen LogP contribution in [0.2, 0.25) is 0 Å². The average Bonchev–Trinajstić information content (AvgIpc) is 2.20. The Morgan fingerprint density at radius 1 is 1.27 bits per heavy atom. The van der Waals surface area contributed by atoms with E-state index in [1.165, 1.54) is 6.42 Å². The summed E-state index contributed by atoms with van der Waals surface area (Å²) >= 11 is 12.4. The number of hydrogen-bond donors (Lipinski definition) is 0. The maximum atomic E-state index is 12.1. The van der Waals surface area contributed by atoms with Crippen molar-refractivity contribution in [3.8, 4) is 0 Å². The molecule has 0 aromatic rings. The number of alkyl halides is 1. The fourth-order valence-corrected chi connectivity index (χ4v) is 4.29. The standard InChI is InChI=1S/C12H14Cl2O/c13-10-5-6-4-9(11(10)14)8-3-1-2-7(6)12(8)15/h5-9,11H,1-4H2. The zero-order valence-electron chi connectivity index (χ0n) is 8.46. The van der Waals surface area contributed by atoms with Crippen LogP contribution >= 0.6 is 23.2 Å². The van der Waals surface area contributed by atoms with Crippen LogP contribution in [0.1, 0.15) is 25.7 Å². The van der Waals surface area contributed by atoms with E-state index in [0.717, 1.165) is 24.3 Å². The smallest absolute Gasteiger partial charge is 0.139 e. The highest BCUT2D eigenvalue weighted by Gasteiger charge is 2.49. The summed E-state index contributed by atoms with van der Waals surface area (Å²) in [6.45, 7) is 0. The third kappa shape index (κ3) is 1.39. The lowest BCUT2D eigenvalue weighted by Crippen LogP contribution is -2.48. The van der Waals surface area contributed by atoms with E-state index in [9.17, 15) is 4.79 Å². The summed E-state index contributed by atoms with van der Waals surface area (Å²) in [5, 5.41) is 0.665. The Bertz CT molecular complexity index is 337. The number of rotatable bonds is 0. The molecule has 0 saturated heterocycles. The average molecular weight is 245 g/mol. The van der Waals surface area contributed by atoms with Crippen molar-refractivity contribution in [2.45, 2.75) is 31.1 Å². The molecule has 2 saturated carbocycles. The number of Topliss-reactive ketones (excluding diaryl/α,β-unsaturated/α-hetero) is 1. The molecule has 0 N–H and O–H groups in total. The summed E-state index contributed by atoms with van der Waals surface area (Å²) in [5.74, 6) is 1.59. The third-order valence-electron chi connectivity index (χ3n) is 4.35. The minimum Gasteiger partial charge on any atom is -0.299 e. The molecule has 0 amide bonds. The van der Waals surface area contributed by atoms with Crippen molar-refractivity contribution < 1.29 is 4.79 Å². The van der Waals surface area contributed by atoms with Gasteiger partial charge < -0.3 is 0 Å². The quantitative estimate of drug-likeness (QED) is 0.598. The van der Waals surface area contributed by atoms with Crippen LogP contribution in [0.4, 0.5) is 0 Å². The summed E-state index contributed by atoms with van der Waals surface area (Å²) < 4.78 is 0. The molecule has 0 spiro atoms. The number of fused-ring (bicyclic) bond motifs is 6. The Kier molecular flexibility index (Phi) is 2.37. The Morgan fingerprint density at radius 2 is 2.00 bits per heavy atom. The summed E-state index contributed by atoms with van der Waals surface area (Å²) in [7, 11) is 0. The van der Waals surface area contributed by atoms with Crippen LogP contribution in [0, 0.1) is 23.7 Å². The van der Waals surface area contributed by atoms with Crippen LogP contribution in [0.15, 0.2) is 11.1 Å². The van der Waals surface area contributed by atoms with E-state index in [-0.39, 0.29) is 17.2 Å². The molecule has 0 aromatic heterocycles. The third-order valence-corrected chi connectivity index (χ3v) is 5.38. The van der Waals surface area contributed by atoms with Crippen molar-refractivity contribution in [1.82, 2.24) is 0 Å². The number of allylic oxidation sites excluding steroid dienone is 2. The van der Waals surface area contributed by atoms with Gasteiger partial charge in [-0.25, -0.2) is 0 Å². The van der Waals surface area contributed by atoms with Crippen molar-refractivity contribution in [2.24, 2.45) is 23.7 Å². The molecule has 0 heterocycles. The lowest BCUT2D eigenvalue weighted by Gasteiger charge is -2.47. The van der Waals surface area contributed by atoms with Crippen LogP contribution in [0.3, 0.4) is 0 Å². The predicted molar refractivity (Wildman–Crippen MR) is 61.0 cm³/mol. The molecule has 1 nitrogen and oxygen atoms in total. The first-order chi connectivity index (χ1) is 7.18. The van der Waals surface area contributed by atoms with Gasteiger partial charge in [0.25, 0.3) is 0 Å². The molecule has 3 aliphatic carbocycles. The second kappa shape index (κ2) is 3.49. The number of hydrogen-bond acceptors (Lipinski definition) is 1. The van der Waals surface area contributed by atoms with E-state index in [1.807, 2.05) is 6.08 Å². The van der Waals surface area contributed by atoms with Crippen LogP contribution in [0.25, 0.3) is 0 Å². The topological polar surface area (TPSA) is 17.1 Å². The molecule has 0 aliphatic heterocycles. The van der Waals surface area contributed by atoms with Gasteiger partial charge in [0.1, 0.15) is 5.78 Å². The van der Waals surface area contributed by atoms with Crippen molar-refractivity contribution in [1.29, 1.82) is 0 Å². The monoisotopic (exact) mass is 244 g/mol. The summed E-state index contributed by atoms with van der Waals surface area (Å²) in [6.07, 6.45) is 6.38. The van der Waals surface area contributed by atoms with Gasteiger partial charge in [-0.15, -0.1) is 11.6 Å². The first-order valence-corrected chi connectivity index (χ1v) is 6.55. The van der Waals surface area contributed by atoms with E-state index in [1.54, 1.807) is 0 Å². The second-order valence-electron chi connectivity index (χ2n) is 5.06. The Hall–Kier alpha value is -0.0100. The van der Waals surface area contributed by atoms with E-state index in [4.69, 9.17) is 23.2 Å². The first kappa shape index (κ1) is 10.2. The van der Waals surface area contributed by atoms with Crippen molar-refractivity contribution in [3.05, 3.63) is 11.1 Å². The SMILES string of the molecule is O=C1C2CCCC1C1CC2C=C(Cl)C1Cl. The summed E-state index contributed by atoms with van der Waals surface area (Å²) in [4.78, 5) is 12.1. The van der Waals surface area contributed by atoms with Gasteiger partial charge >= 0.3 is 0 Å². The van der Waals surface area contributed by atoms with Gasteiger partial charge in [0, 0.05) is 16.9 Å². The molecule has 5 unspecified atom stereocenters. The van der Waals surface area contributed by atoms with Crippen molar-refractivity contribution in [2.75, 3.05) is 0 Å². The predicted octanol–water partition coefficient (Wildman–Crippen LogP) is 3.35. The van der Waals surface area contributed by atoms with Gasteiger partial charge in [0.15, 0.2) is 0 Å². The fraction of sp³-hybridized carbons (Fsp3) is 0.750. The summed E-state index contributed by atoms with van der Waals surface area (Å²) in [6, 6.07) is 0. The Labute approximate surface area is 99.8 Å². The summed E-state index contributed by atoms with van der Waals surface area (Å²) in [5.41, 5.74) is 0. The molecule has 5 atom stereocenters. The number of halogens is 2. The molecule has 4 bridgehead atoms. The van der Waals surface area contributed by atoms with Gasteiger partial charge in [-0.05, 0) is 31.1 Å². The minimum atomic E-state index is -0.115.